The van der Waals surface area contributed by atoms with Gasteiger partial charge in [-0.1, -0.05) is 29.8 Å². The molecule has 1 amide bonds. The number of carbonyl (C=O) groups is 1. The van der Waals surface area contributed by atoms with Crippen molar-refractivity contribution in [3.63, 3.8) is 0 Å². The van der Waals surface area contributed by atoms with Gasteiger partial charge in [0.15, 0.2) is 12.3 Å². The van der Waals surface area contributed by atoms with Crippen LogP contribution in [0.1, 0.15) is 29.7 Å². The maximum atomic E-state index is 12.4. The van der Waals surface area contributed by atoms with Crippen molar-refractivity contribution < 1.29 is 9.53 Å². The molecule has 160 valence electrons. The molecule has 0 saturated carbocycles. The van der Waals surface area contributed by atoms with Crippen molar-refractivity contribution in [1.82, 2.24) is 29.9 Å². The maximum Gasteiger partial charge on any atom is 0.258 e. The number of nitrogens with one attached hydrogen (secondary N) is 1. The van der Waals surface area contributed by atoms with E-state index in [1.165, 1.54) is 5.56 Å². The standard InChI is InChI=1S/C23H26N6O2/c1-14-6-8-17(9-7-14)16(3)25-19(30)13-31-20-12-15(2)21-22(18-10-11-24-28(18)4)27-29(5)23(21)26-20/h6-12,16H,13H2,1-5H3,(H,25,30). The molecule has 0 spiro atoms. The maximum absolute atomic E-state index is 12.4. The van der Waals surface area contributed by atoms with Crippen LogP contribution < -0.4 is 10.1 Å². The number of aryl methyl sites for hydroxylation is 4. The molecule has 8 nitrogen and oxygen atoms in total. The van der Waals surface area contributed by atoms with E-state index in [4.69, 9.17) is 4.74 Å². The summed E-state index contributed by atoms with van der Waals surface area (Å²) in [5.74, 6) is 0.191. The number of rotatable bonds is 6. The monoisotopic (exact) mass is 418 g/mol. The Kier molecular flexibility index (Phi) is 5.46. The molecule has 0 radical (unpaired) electrons. The number of pyridine rings is 1. The summed E-state index contributed by atoms with van der Waals surface area (Å²) in [4.78, 5) is 17.0. The minimum atomic E-state index is -0.201. The number of hydrogen-bond acceptors (Lipinski definition) is 5. The van der Waals surface area contributed by atoms with Crippen LogP contribution >= 0.6 is 0 Å². The lowest BCUT2D eigenvalue weighted by Crippen LogP contribution is -2.31. The van der Waals surface area contributed by atoms with Crippen LogP contribution in [0.3, 0.4) is 0 Å². The van der Waals surface area contributed by atoms with Crippen molar-refractivity contribution in [3.05, 3.63) is 59.3 Å². The van der Waals surface area contributed by atoms with Crippen LogP contribution in [0, 0.1) is 13.8 Å². The van der Waals surface area contributed by atoms with Gasteiger partial charge in [-0.05, 0) is 38.0 Å². The third-order valence-electron chi connectivity index (χ3n) is 5.34. The number of fused-ring (bicyclic) bond motifs is 1. The lowest BCUT2D eigenvalue weighted by Gasteiger charge is -2.15. The first kappa shape index (κ1) is 20.6. The Hall–Kier alpha value is -3.68. The summed E-state index contributed by atoms with van der Waals surface area (Å²) < 4.78 is 9.21. The Morgan fingerprint density at radius 2 is 1.87 bits per heavy atom. The lowest BCUT2D eigenvalue weighted by atomic mass is 10.1. The van der Waals surface area contributed by atoms with E-state index in [9.17, 15) is 4.79 Å². The second kappa shape index (κ2) is 8.22. The molecule has 3 heterocycles. The third-order valence-corrected chi connectivity index (χ3v) is 5.34. The Balaban J connectivity index is 1.49. The van der Waals surface area contributed by atoms with Gasteiger partial charge in [-0.15, -0.1) is 0 Å². The SMILES string of the molecule is Cc1ccc(C(C)NC(=O)COc2cc(C)c3c(-c4ccnn4C)nn(C)c3n2)cc1. The van der Waals surface area contributed by atoms with Gasteiger partial charge in [0, 0.05) is 26.4 Å². The molecule has 0 aliphatic rings. The van der Waals surface area contributed by atoms with Crippen molar-refractivity contribution in [2.24, 2.45) is 14.1 Å². The van der Waals surface area contributed by atoms with Gasteiger partial charge < -0.3 is 10.1 Å². The van der Waals surface area contributed by atoms with Crippen molar-refractivity contribution in [3.8, 4) is 17.3 Å². The number of amides is 1. The fourth-order valence-corrected chi connectivity index (χ4v) is 3.62. The van der Waals surface area contributed by atoms with E-state index < -0.39 is 0 Å². The summed E-state index contributed by atoms with van der Waals surface area (Å²) in [6.45, 7) is 5.86. The molecule has 0 saturated heterocycles. The number of nitrogens with zero attached hydrogens (tertiary/aromatic N) is 5. The highest BCUT2D eigenvalue weighted by molar-refractivity contribution is 5.93. The van der Waals surface area contributed by atoms with Gasteiger partial charge in [0.25, 0.3) is 5.91 Å². The van der Waals surface area contributed by atoms with Gasteiger partial charge in [0.1, 0.15) is 5.69 Å². The normalized spacial score (nSPS) is 12.2. The second-order valence-corrected chi connectivity index (χ2v) is 7.78. The van der Waals surface area contributed by atoms with Crippen LogP contribution in [0.4, 0.5) is 0 Å². The fourth-order valence-electron chi connectivity index (χ4n) is 3.62. The van der Waals surface area contributed by atoms with Crippen molar-refractivity contribution in [1.29, 1.82) is 0 Å². The van der Waals surface area contributed by atoms with Crippen LogP contribution in [0.15, 0.2) is 42.6 Å². The van der Waals surface area contributed by atoms with E-state index in [1.807, 2.05) is 71.3 Å². The zero-order valence-electron chi connectivity index (χ0n) is 18.4. The van der Waals surface area contributed by atoms with Gasteiger partial charge in [0.2, 0.25) is 5.88 Å². The molecule has 0 aliphatic carbocycles. The zero-order chi connectivity index (χ0) is 22.1. The Labute approximate surface area is 180 Å². The van der Waals surface area contributed by atoms with Gasteiger partial charge in [-0.3, -0.25) is 9.48 Å². The summed E-state index contributed by atoms with van der Waals surface area (Å²) in [5, 5.41) is 12.8. The molecule has 1 N–H and O–H groups in total. The smallest absolute Gasteiger partial charge is 0.258 e. The number of ether oxygens (including phenoxy) is 1. The summed E-state index contributed by atoms with van der Waals surface area (Å²) in [5.41, 5.74) is 5.63. The van der Waals surface area contributed by atoms with Gasteiger partial charge in [-0.25, -0.2) is 4.68 Å². The van der Waals surface area contributed by atoms with Crippen LogP contribution in [0.5, 0.6) is 5.88 Å². The highest BCUT2D eigenvalue weighted by Gasteiger charge is 2.18. The van der Waals surface area contributed by atoms with Crippen LogP contribution in [-0.2, 0) is 18.9 Å². The highest BCUT2D eigenvalue weighted by atomic mass is 16.5. The van der Waals surface area contributed by atoms with Crippen molar-refractivity contribution >= 4 is 16.9 Å². The third kappa shape index (κ3) is 4.14. The van der Waals surface area contributed by atoms with Gasteiger partial charge in [0.05, 0.1) is 17.1 Å². The molecule has 0 aliphatic heterocycles. The molecular formula is C23H26N6O2. The predicted molar refractivity (Wildman–Crippen MR) is 119 cm³/mol. The Morgan fingerprint density at radius 1 is 1.13 bits per heavy atom. The first-order valence-electron chi connectivity index (χ1n) is 10.1. The van der Waals surface area contributed by atoms with E-state index in [2.05, 4.69) is 20.5 Å². The second-order valence-electron chi connectivity index (χ2n) is 7.78. The van der Waals surface area contributed by atoms with Crippen LogP contribution in [0.2, 0.25) is 0 Å². The topological polar surface area (TPSA) is 86.9 Å². The van der Waals surface area contributed by atoms with Crippen molar-refractivity contribution in [2.75, 3.05) is 6.61 Å². The average Bonchev–Trinajstić information content (AvgIpc) is 3.30. The molecule has 4 aromatic rings. The first-order valence-corrected chi connectivity index (χ1v) is 10.1. The minimum absolute atomic E-state index is 0.104. The van der Waals surface area contributed by atoms with E-state index in [0.717, 1.165) is 27.9 Å². The van der Waals surface area contributed by atoms with E-state index >= 15 is 0 Å². The lowest BCUT2D eigenvalue weighted by molar-refractivity contribution is -0.123. The number of carbonyl (C=O) groups excluding carboxylic acids is 1. The predicted octanol–water partition coefficient (Wildman–Crippen LogP) is 3.24. The Morgan fingerprint density at radius 3 is 2.55 bits per heavy atom. The molecule has 1 atom stereocenters. The minimum Gasteiger partial charge on any atom is -0.468 e. The molecule has 0 fully saturated rings. The zero-order valence-corrected chi connectivity index (χ0v) is 18.4. The highest BCUT2D eigenvalue weighted by Crippen LogP contribution is 2.30. The number of hydrogen-bond donors (Lipinski definition) is 1. The fraction of sp³-hybridized carbons (Fsp3) is 0.304. The van der Waals surface area contributed by atoms with E-state index in [1.54, 1.807) is 15.6 Å². The molecular weight excluding hydrogens is 392 g/mol. The molecule has 3 aromatic heterocycles. The summed E-state index contributed by atoms with van der Waals surface area (Å²) in [7, 11) is 3.72. The molecule has 1 unspecified atom stereocenters. The average molecular weight is 419 g/mol. The number of benzene rings is 1. The van der Waals surface area contributed by atoms with Crippen LogP contribution in [0.25, 0.3) is 22.4 Å². The van der Waals surface area contributed by atoms with Crippen molar-refractivity contribution in [2.45, 2.75) is 26.8 Å². The molecule has 1 aromatic carbocycles. The first-order chi connectivity index (χ1) is 14.8. The number of aromatic nitrogens is 5. The van der Waals surface area contributed by atoms with Gasteiger partial charge in [-0.2, -0.15) is 15.2 Å². The van der Waals surface area contributed by atoms with Gasteiger partial charge >= 0.3 is 0 Å². The molecule has 4 rings (SSSR count). The summed E-state index contributed by atoms with van der Waals surface area (Å²) in [6, 6.07) is 11.7. The van der Waals surface area contributed by atoms with E-state index in [-0.39, 0.29) is 18.6 Å². The quantitative estimate of drug-likeness (QED) is 0.519. The van der Waals surface area contributed by atoms with E-state index in [0.29, 0.717) is 11.5 Å². The van der Waals surface area contributed by atoms with Crippen LogP contribution in [-0.4, -0.2) is 37.1 Å². The summed E-state index contributed by atoms with van der Waals surface area (Å²) >= 11 is 0. The largest absolute Gasteiger partial charge is 0.468 e. The summed E-state index contributed by atoms with van der Waals surface area (Å²) in [6.07, 6.45) is 1.74. The molecule has 31 heavy (non-hydrogen) atoms. The molecule has 8 heteroatoms. The molecule has 0 bridgehead atoms. The Bertz CT molecular complexity index is 1240.